The van der Waals surface area contributed by atoms with Gasteiger partial charge in [-0.05, 0) is 44.2 Å². The number of rotatable bonds is 7. The highest BCUT2D eigenvalue weighted by molar-refractivity contribution is 7.89. The molecule has 0 saturated heterocycles. The maximum absolute atomic E-state index is 12.8. The van der Waals surface area contributed by atoms with Crippen LogP contribution < -0.4 is 10.6 Å². The number of benzene rings is 2. The average molecular weight is 492 g/mol. The van der Waals surface area contributed by atoms with Crippen LogP contribution in [0.3, 0.4) is 0 Å². The molecule has 7 nitrogen and oxygen atoms in total. The topological polar surface area (TPSA) is 95.6 Å². The van der Waals surface area contributed by atoms with Crippen molar-refractivity contribution < 1.29 is 31.2 Å². The lowest BCUT2D eigenvalue weighted by molar-refractivity contribution is -0.123. The fourth-order valence-corrected chi connectivity index (χ4v) is 4.14. The number of carbonyl (C=O) groups is 2. The third kappa shape index (κ3) is 6.21. The van der Waals surface area contributed by atoms with Crippen LogP contribution in [-0.2, 0) is 10.0 Å². The lowest BCUT2D eigenvalue weighted by Crippen LogP contribution is -2.34. The summed E-state index contributed by atoms with van der Waals surface area (Å²) in [6.45, 7) is 1.83. The van der Waals surface area contributed by atoms with Gasteiger partial charge in [-0.3, -0.25) is 9.59 Å². The van der Waals surface area contributed by atoms with Gasteiger partial charge < -0.3 is 10.6 Å². The Balaban J connectivity index is 2.34. The number of carbonyl (C=O) groups excluding carboxylic acids is 2. The molecule has 0 aliphatic rings. The molecule has 32 heavy (non-hydrogen) atoms. The van der Waals surface area contributed by atoms with Crippen LogP contribution in [0.5, 0.6) is 0 Å². The Bertz CT molecular complexity index is 1120. The van der Waals surface area contributed by atoms with Crippen molar-refractivity contribution in [2.45, 2.75) is 31.0 Å². The second-order valence-corrected chi connectivity index (χ2v) is 9.46. The minimum Gasteiger partial charge on any atom is -0.343 e. The number of para-hydroxylation sites is 1. The van der Waals surface area contributed by atoms with Gasteiger partial charge in [-0.1, -0.05) is 23.7 Å². The van der Waals surface area contributed by atoms with Gasteiger partial charge in [0.15, 0.2) is 0 Å². The zero-order valence-electron chi connectivity index (χ0n) is 17.3. The largest absolute Gasteiger partial charge is 0.405 e. The van der Waals surface area contributed by atoms with Crippen molar-refractivity contribution in [2.75, 3.05) is 18.9 Å². The normalized spacial score (nSPS) is 12.2. The molecule has 0 fully saturated rings. The van der Waals surface area contributed by atoms with Crippen molar-refractivity contribution in [1.29, 1.82) is 0 Å². The molecule has 2 rings (SSSR count). The first-order valence-corrected chi connectivity index (χ1v) is 11.1. The average Bonchev–Trinajstić information content (AvgIpc) is 2.71. The van der Waals surface area contributed by atoms with Crippen LogP contribution in [-0.4, -0.2) is 50.3 Å². The molecule has 0 heterocycles. The smallest absolute Gasteiger partial charge is 0.343 e. The van der Waals surface area contributed by atoms with Crippen molar-refractivity contribution in [3.8, 4) is 0 Å². The molecule has 0 atom stereocenters. The fraction of sp³-hybridized carbons (Fsp3) is 0.300. The van der Waals surface area contributed by atoms with Gasteiger partial charge in [-0.15, -0.1) is 0 Å². The van der Waals surface area contributed by atoms with E-state index in [-0.39, 0.29) is 32.8 Å². The minimum atomic E-state index is -4.60. The van der Waals surface area contributed by atoms with E-state index >= 15 is 0 Å². The highest BCUT2D eigenvalue weighted by atomic mass is 35.5. The lowest BCUT2D eigenvalue weighted by Gasteiger charge is -2.21. The number of hydrogen-bond acceptors (Lipinski definition) is 4. The van der Waals surface area contributed by atoms with Gasteiger partial charge in [0.2, 0.25) is 10.0 Å². The Hall–Kier alpha value is -2.63. The maximum Gasteiger partial charge on any atom is 0.405 e. The third-order valence-electron chi connectivity index (χ3n) is 4.46. The summed E-state index contributed by atoms with van der Waals surface area (Å²) in [7, 11) is -2.51. The van der Waals surface area contributed by atoms with E-state index in [0.29, 0.717) is 0 Å². The molecule has 0 aliphatic carbocycles. The predicted octanol–water partition coefficient (Wildman–Crippen LogP) is 3.91. The maximum atomic E-state index is 12.8. The number of amides is 2. The van der Waals surface area contributed by atoms with E-state index in [1.807, 2.05) is 0 Å². The molecule has 0 radical (unpaired) electrons. The second-order valence-electron chi connectivity index (χ2n) is 7.05. The summed E-state index contributed by atoms with van der Waals surface area (Å²) in [6, 6.07) is 8.71. The van der Waals surface area contributed by atoms with Crippen LogP contribution in [0, 0.1) is 0 Å². The lowest BCUT2D eigenvalue weighted by atomic mass is 10.1. The zero-order valence-corrected chi connectivity index (χ0v) is 18.9. The number of hydrogen-bond donors (Lipinski definition) is 2. The Labute approximate surface area is 188 Å². The number of sulfonamides is 1. The zero-order chi connectivity index (χ0) is 24.3. The van der Waals surface area contributed by atoms with Crippen LogP contribution in [0.15, 0.2) is 47.4 Å². The first-order valence-electron chi connectivity index (χ1n) is 9.27. The summed E-state index contributed by atoms with van der Waals surface area (Å²) in [5, 5.41) is 4.08. The van der Waals surface area contributed by atoms with Gasteiger partial charge in [-0.2, -0.15) is 17.5 Å². The molecular formula is C20H21ClF3N3O4S. The SMILES string of the molecule is CC(C)N(C)S(=O)(=O)c1ccc(Cl)c(C(=O)Nc2ccccc2C(=O)NCC(F)(F)F)c1. The number of alkyl halides is 3. The molecule has 2 amide bonds. The van der Waals surface area contributed by atoms with E-state index in [1.165, 1.54) is 43.4 Å². The van der Waals surface area contributed by atoms with Crippen molar-refractivity contribution in [1.82, 2.24) is 9.62 Å². The molecule has 2 N–H and O–H groups in total. The molecular weight excluding hydrogens is 471 g/mol. The number of nitrogens with zero attached hydrogens (tertiary/aromatic N) is 1. The summed E-state index contributed by atoms with van der Waals surface area (Å²) < 4.78 is 63.8. The number of nitrogens with one attached hydrogen (secondary N) is 2. The van der Waals surface area contributed by atoms with Crippen LogP contribution >= 0.6 is 11.6 Å². The second kappa shape index (κ2) is 9.88. The fourth-order valence-electron chi connectivity index (χ4n) is 2.54. The Morgan fingerprint density at radius 2 is 1.69 bits per heavy atom. The molecule has 2 aromatic rings. The van der Waals surface area contributed by atoms with E-state index in [9.17, 15) is 31.2 Å². The standard InChI is InChI=1S/C20H21ClF3N3O4S/c1-12(2)27(3)32(30,31)13-8-9-16(21)15(10-13)19(29)26-17-7-5-4-6-14(17)18(28)25-11-20(22,23)24/h4-10,12H,11H2,1-3H3,(H,25,28)(H,26,29). The molecule has 2 aromatic carbocycles. The monoisotopic (exact) mass is 491 g/mol. The summed E-state index contributed by atoms with van der Waals surface area (Å²) in [6.07, 6.45) is -4.60. The van der Waals surface area contributed by atoms with E-state index in [1.54, 1.807) is 19.2 Å². The third-order valence-corrected chi connectivity index (χ3v) is 6.82. The minimum absolute atomic E-state index is 0.0485. The highest BCUT2D eigenvalue weighted by Crippen LogP contribution is 2.25. The Morgan fingerprint density at radius 3 is 2.28 bits per heavy atom. The molecule has 0 unspecified atom stereocenters. The van der Waals surface area contributed by atoms with Crippen LogP contribution in [0.4, 0.5) is 18.9 Å². The molecule has 0 aliphatic heterocycles. The van der Waals surface area contributed by atoms with Crippen molar-refractivity contribution in [3.63, 3.8) is 0 Å². The Kier molecular flexibility index (Phi) is 7.92. The van der Waals surface area contributed by atoms with Crippen molar-refractivity contribution in [2.24, 2.45) is 0 Å². The van der Waals surface area contributed by atoms with E-state index in [2.05, 4.69) is 5.32 Å². The molecule has 12 heteroatoms. The molecule has 0 spiro atoms. The van der Waals surface area contributed by atoms with E-state index < -0.39 is 34.6 Å². The molecule has 0 aromatic heterocycles. The molecule has 174 valence electrons. The summed E-state index contributed by atoms with van der Waals surface area (Å²) in [5.41, 5.74) is -0.458. The van der Waals surface area contributed by atoms with E-state index in [0.717, 1.165) is 10.4 Å². The quantitative estimate of drug-likeness (QED) is 0.613. The Morgan fingerprint density at radius 1 is 1.06 bits per heavy atom. The summed E-state index contributed by atoms with van der Waals surface area (Å²) in [4.78, 5) is 24.8. The van der Waals surface area contributed by atoms with Gasteiger partial charge in [0.1, 0.15) is 6.54 Å². The van der Waals surface area contributed by atoms with Crippen molar-refractivity contribution in [3.05, 3.63) is 58.6 Å². The van der Waals surface area contributed by atoms with Gasteiger partial charge in [0.25, 0.3) is 11.8 Å². The van der Waals surface area contributed by atoms with Crippen LogP contribution in [0.25, 0.3) is 0 Å². The van der Waals surface area contributed by atoms with Gasteiger partial charge in [0.05, 0.1) is 26.7 Å². The summed E-state index contributed by atoms with van der Waals surface area (Å²) in [5.74, 6) is -1.88. The van der Waals surface area contributed by atoms with Gasteiger partial charge >= 0.3 is 6.18 Å². The molecule has 0 saturated carbocycles. The molecule has 0 bridgehead atoms. The first-order chi connectivity index (χ1) is 14.7. The van der Waals surface area contributed by atoms with E-state index in [4.69, 9.17) is 11.6 Å². The van der Waals surface area contributed by atoms with Gasteiger partial charge in [-0.25, -0.2) is 8.42 Å². The number of anilines is 1. The first kappa shape index (κ1) is 25.6. The van der Waals surface area contributed by atoms with Crippen molar-refractivity contribution >= 4 is 39.1 Å². The van der Waals surface area contributed by atoms with Gasteiger partial charge in [0, 0.05) is 13.1 Å². The number of halogens is 4. The predicted molar refractivity (Wildman–Crippen MR) is 114 cm³/mol. The van der Waals surface area contributed by atoms with Crippen LogP contribution in [0.1, 0.15) is 34.6 Å². The highest BCUT2D eigenvalue weighted by Gasteiger charge is 2.29. The van der Waals surface area contributed by atoms with Crippen LogP contribution in [0.2, 0.25) is 5.02 Å². The summed E-state index contributed by atoms with van der Waals surface area (Å²) >= 11 is 6.08.